The number of nitrogens with zero attached hydrogens (tertiary/aromatic N) is 2. The maximum absolute atomic E-state index is 12.2. The first-order valence-electron chi connectivity index (χ1n) is 6.28. The summed E-state index contributed by atoms with van der Waals surface area (Å²) in [7, 11) is 0. The van der Waals surface area contributed by atoms with E-state index in [0.717, 1.165) is 0 Å². The van der Waals surface area contributed by atoms with Crippen LogP contribution in [-0.2, 0) is 0 Å². The van der Waals surface area contributed by atoms with Crippen LogP contribution in [0, 0.1) is 0 Å². The number of amides is 1. The van der Waals surface area contributed by atoms with Gasteiger partial charge in [-0.25, -0.2) is 9.97 Å². The molecule has 0 aliphatic rings. The number of aliphatic hydroxyl groups is 1. The topological polar surface area (TPSA) is 75.1 Å². The van der Waals surface area contributed by atoms with E-state index in [1.165, 1.54) is 6.20 Å². The van der Waals surface area contributed by atoms with Crippen LogP contribution in [0.2, 0.25) is 5.02 Å². The highest BCUT2D eigenvalue weighted by Crippen LogP contribution is 2.17. The fraction of sp³-hybridized carbons (Fsp3) is 0.615. The predicted octanol–water partition coefficient (Wildman–Crippen LogP) is 2.14. The van der Waals surface area contributed by atoms with Crippen LogP contribution in [-0.4, -0.2) is 33.1 Å². The van der Waals surface area contributed by atoms with Crippen molar-refractivity contribution in [1.29, 1.82) is 0 Å². The molecule has 5 nitrogen and oxygen atoms in total. The van der Waals surface area contributed by atoms with Gasteiger partial charge in [0.1, 0.15) is 11.5 Å². The summed E-state index contributed by atoms with van der Waals surface area (Å²) < 4.78 is 0. The van der Waals surface area contributed by atoms with Gasteiger partial charge in [-0.3, -0.25) is 4.79 Å². The number of carbonyl (C=O) groups excluding carboxylic acids is 1. The third kappa shape index (κ3) is 3.88. The van der Waals surface area contributed by atoms with Gasteiger partial charge in [0.15, 0.2) is 0 Å². The zero-order valence-electron chi connectivity index (χ0n) is 11.7. The van der Waals surface area contributed by atoms with Gasteiger partial charge in [-0.05, 0) is 13.3 Å². The summed E-state index contributed by atoms with van der Waals surface area (Å²) in [5.74, 6) is 0.281. The normalized spacial score (nSPS) is 14.3. The molecule has 19 heavy (non-hydrogen) atoms. The van der Waals surface area contributed by atoms with Gasteiger partial charge in [-0.15, -0.1) is 0 Å². The molecule has 0 aromatic carbocycles. The number of aromatic nitrogens is 2. The van der Waals surface area contributed by atoms with Crippen molar-refractivity contribution in [1.82, 2.24) is 15.3 Å². The van der Waals surface area contributed by atoms with Gasteiger partial charge in [0.05, 0.1) is 23.4 Å². The molecule has 2 N–H and O–H groups in total. The minimum Gasteiger partial charge on any atom is -0.394 e. The van der Waals surface area contributed by atoms with Gasteiger partial charge >= 0.3 is 0 Å². The molecule has 0 saturated heterocycles. The van der Waals surface area contributed by atoms with Gasteiger partial charge in [0.2, 0.25) is 0 Å². The van der Waals surface area contributed by atoms with Crippen LogP contribution in [0.5, 0.6) is 0 Å². The molecule has 1 heterocycles. The molecule has 0 aliphatic heterocycles. The van der Waals surface area contributed by atoms with E-state index in [9.17, 15) is 9.90 Å². The summed E-state index contributed by atoms with van der Waals surface area (Å²) in [5.41, 5.74) is -0.530. The summed E-state index contributed by atoms with van der Waals surface area (Å²) >= 11 is 5.96. The Morgan fingerprint density at radius 1 is 1.58 bits per heavy atom. The van der Waals surface area contributed by atoms with Gasteiger partial charge < -0.3 is 10.4 Å². The quantitative estimate of drug-likeness (QED) is 0.869. The zero-order valence-corrected chi connectivity index (χ0v) is 12.5. The van der Waals surface area contributed by atoms with Crippen molar-refractivity contribution in [2.45, 2.75) is 45.6 Å². The van der Waals surface area contributed by atoms with E-state index in [0.29, 0.717) is 12.2 Å². The van der Waals surface area contributed by atoms with Crippen molar-refractivity contribution in [2.24, 2.45) is 0 Å². The molecule has 0 saturated carbocycles. The summed E-state index contributed by atoms with van der Waals surface area (Å²) in [6.07, 6.45) is 2.04. The van der Waals surface area contributed by atoms with Crippen LogP contribution in [0.4, 0.5) is 0 Å². The van der Waals surface area contributed by atoms with E-state index in [4.69, 9.17) is 11.6 Å². The molecule has 1 amide bonds. The average molecular weight is 286 g/mol. The molecular weight excluding hydrogens is 266 g/mol. The predicted molar refractivity (Wildman–Crippen MR) is 74.4 cm³/mol. The largest absolute Gasteiger partial charge is 0.394 e. The maximum atomic E-state index is 12.2. The van der Waals surface area contributed by atoms with E-state index in [-0.39, 0.29) is 23.2 Å². The molecule has 0 fully saturated rings. The highest BCUT2D eigenvalue weighted by Gasteiger charge is 2.26. The van der Waals surface area contributed by atoms with Crippen molar-refractivity contribution in [2.75, 3.05) is 6.61 Å². The van der Waals surface area contributed by atoms with Crippen LogP contribution in [0.3, 0.4) is 0 Å². The first-order valence-corrected chi connectivity index (χ1v) is 6.66. The lowest BCUT2D eigenvalue weighted by atomic mass is 10.00. The first-order chi connectivity index (χ1) is 8.83. The van der Waals surface area contributed by atoms with Gasteiger partial charge in [0.25, 0.3) is 5.91 Å². The molecule has 1 rings (SSSR count). The van der Waals surface area contributed by atoms with E-state index in [2.05, 4.69) is 15.3 Å². The number of hydrogen-bond donors (Lipinski definition) is 2. The average Bonchev–Trinajstić information content (AvgIpc) is 2.38. The lowest BCUT2D eigenvalue weighted by molar-refractivity contribution is 0.0842. The Morgan fingerprint density at radius 2 is 2.21 bits per heavy atom. The molecule has 6 heteroatoms. The Kier molecular flexibility index (Phi) is 5.26. The van der Waals surface area contributed by atoms with Crippen molar-refractivity contribution < 1.29 is 9.90 Å². The number of carbonyl (C=O) groups is 1. The number of nitrogens with one attached hydrogen (secondary N) is 1. The van der Waals surface area contributed by atoms with Crippen LogP contribution in [0.25, 0.3) is 0 Å². The minimum atomic E-state index is -0.677. The second-order valence-corrected chi connectivity index (χ2v) is 5.51. The standard InChI is InChI=1S/C13H20ClN3O2/c1-5-13(4,7-18)17-12(19)10-9(14)6-15-11(16-10)8(2)3/h6,8,18H,5,7H2,1-4H3,(H,17,19). The molecule has 1 aromatic rings. The van der Waals surface area contributed by atoms with E-state index in [1.807, 2.05) is 20.8 Å². The van der Waals surface area contributed by atoms with Crippen molar-refractivity contribution in [3.05, 3.63) is 22.7 Å². The number of rotatable bonds is 5. The Morgan fingerprint density at radius 3 is 2.68 bits per heavy atom. The number of aliphatic hydroxyl groups excluding tert-OH is 1. The SMILES string of the molecule is CCC(C)(CO)NC(=O)c1nc(C(C)C)ncc1Cl. The smallest absolute Gasteiger partial charge is 0.272 e. The molecule has 1 atom stereocenters. The van der Waals surface area contributed by atoms with E-state index in [1.54, 1.807) is 6.92 Å². The number of hydrogen-bond acceptors (Lipinski definition) is 4. The first kappa shape index (κ1) is 15.9. The molecule has 0 bridgehead atoms. The highest BCUT2D eigenvalue weighted by atomic mass is 35.5. The molecule has 0 radical (unpaired) electrons. The van der Waals surface area contributed by atoms with E-state index >= 15 is 0 Å². The summed E-state index contributed by atoms with van der Waals surface area (Å²) in [6.45, 7) is 7.39. The summed E-state index contributed by atoms with van der Waals surface area (Å²) in [4.78, 5) is 20.4. The van der Waals surface area contributed by atoms with Gasteiger partial charge in [-0.2, -0.15) is 0 Å². The molecular formula is C13H20ClN3O2. The van der Waals surface area contributed by atoms with E-state index < -0.39 is 11.4 Å². The lowest BCUT2D eigenvalue weighted by Gasteiger charge is -2.27. The lowest BCUT2D eigenvalue weighted by Crippen LogP contribution is -2.48. The summed E-state index contributed by atoms with van der Waals surface area (Å²) in [5, 5.41) is 12.3. The number of halogens is 1. The second-order valence-electron chi connectivity index (χ2n) is 5.11. The Bertz CT molecular complexity index is 459. The Hall–Kier alpha value is -1.20. The van der Waals surface area contributed by atoms with Crippen LogP contribution < -0.4 is 5.32 Å². The third-order valence-corrected chi connectivity index (χ3v) is 3.32. The molecule has 106 valence electrons. The van der Waals surface area contributed by atoms with Crippen LogP contribution in [0.15, 0.2) is 6.20 Å². The minimum absolute atomic E-state index is 0.110. The fourth-order valence-corrected chi connectivity index (χ4v) is 1.57. The van der Waals surface area contributed by atoms with Crippen molar-refractivity contribution in [3.63, 3.8) is 0 Å². The molecule has 1 unspecified atom stereocenters. The third-order valence-electron chi connectivity index (χ3n) is 3.04. The molecule has 1 aromatic heterocycles. The maximum Gasteiger partial charge on any atom is 0.272 e. The van der Waals surface area contributed by atoms with Gasteiger partial charge in [-0.1, -0.05) is 32.4 Å². The Labute approximate surface area is 118 Å². The second kappa shape index (κ2) is 6.30. The fourth-order valence-electron chi connectivity index (χ4n) is 1.39. The van der Waals surface area contributed by atoms with Crippen LogP contribution >= 0.6 is 11.6 Å². The van der Waals surface area contributed by atoms with Crippen LogP contribution in [0.1, 0.15) is 56.3 Å². The Balaban J connectivity index is 3.02. The summed E-state index contributed by atoms with van der Waals surface area (Å²) in [6, 6.07) is 0. The molecule has 0 spiro atoms. The van der Waals surface area contributed by atoms with Crippen molar-refractivity contribution >= 4 is 17.5 Å². The van der Waals surface area contributed by atoms with Gasteiger partial charge in [0, 0.05) is 5.92 Å². The van der Waals surface area contributed by atoms with Crippen molar-refractivity contribution in [3.8, 4) is 0 Å². The highest BCUT2D eigenvalue weighted by molar-refractivity contribution is 6.33. The monoisotopic (exact) mass is 285 g/mol. The molecule has 0 aliphatic carbocycles. The zero-order chi connectivity index (χ0) is 14.6.